The van der Waals surface area contributed by atoms with Crippen molar-refractivity contribution in [3.05, 3.63) is 59.7 Å². The van der Waals surface area contributed by atoms with Crippen LogP contribution < -0.4 is 10.6 Å². The molecular weight excluding hydrogens is 424 g/mol. The van der Waals surface area contributed by atoms with E-state index < -0.39 is 18.2 Å². The van der Waals surface area contributed by atoms with E-state index in [2.05, 4.69) is 34.9 Å². The quantitative estimate of drug-likeness (QED) is 0.480. The van der Waals surface area contributed by atoms with Crippen molar-refractivity contribution in [3.63, 3.8) is 0 Å². The Bertz CT molecular complexity index is 947. The number of alkyl carbamates (subject to hydrolysis) is 1. The standard InChI is InChI=1S/C25H30N2O6/c1-16(11-12-23(28)26-14-13-22(32-2)24(29)30)27-25(31)33-15-21-19-9-5-3-7-17(19)18-8-4-6-10-20(18)21/h3-10,16,21-22H,11-15H2,1-2H3,(H,26,28)(H,27,31)(H,29,30). The number of aliphatic carboxylic acids is 1. The first kappa shape index (κ1) is 24.3. The Morgan fingerprint density at radius 2 is 1.61 bits per heavy atom. The molecule has 2 amide bonds. The monoisotopic (exact) mass is 454 g/mol. The third-order valence-corrected chi connectivity index (χ3v) is 5.80. The molecule has 176 valence electrons. The zero-order chi connectivity index (χ0) is 23.8. The van der Waals surface area contributed by atoms with E-state index >= 15 is 0 Å². The fraction of sp³-hybridized carbons (Fsp3) is 0.400. The van der Waals surface area contributed by atoms with E-state index in [1.54, 1.807) is 6.92 Å². The van der Waals surface area contributed by atoms with Gasteiger partial charge < -0.3 is 25.2 Å². The summed E-state index contributed by atoms with van der Waals surface area (Å²) < 4.78 is 10.3. The number of hydrogen-bond donors (Lipinski definition) is 3. The third kappa shape index (κ3) is 6.32. The molecule has 8 heteroatoms. The molecule has 0 saturated carbocycles. The van der Waals surface area contributed by atoms with Gasteiger partial charge in [0, 0.05) is 38.5 Å². The zero-order valence-electron chi connectivity index (χ0n) is 18.9. The van der Waals surface area contributed by atoms with Crippen LogP contribution in [-0.2, 0) is 19.1 Å². The molecule has 2 atom stereocenters. The Kier molecular flexibility index (Phi) is 8.43. The minimum absolute atomic E-state index is 0.00837. The molecule has 0 saturated heterocycles. The van der Waals surface area contributed by atoms with Gasteiger partial charge in [0.15, 0.2) is 6.10 Å². The Morgan fingerprint density at radius 1 is 1.00 bits per heavy atom. The number of amides is 2. The number of fused-ring (bicyclic) bond motifs is 3. The van der Waals surface area contributed by atoms with Crippen molar-refractivity contribution >= 4 is 18.0 Å². The van der Waals surface area contributed by atoms with Gasteiger partial charge in [-0.3, -0.25) is 4.79 Å². The van der Waals surface area contributed by atoms with Gasteiger partial charge in [0.2, 0.25) is 5.91 Å². The topological polar surface area (TPSA) is 114 Å². The first-order valence-electron chi connectivity index (χ1n) is 11.0. The highest BCUT2D eigenvalue weighted by Gasteiger charge is 2.29. The van der Waals surface area contributed by atoms with Crippen molar-refractivity contribution in [3.8, 4) is 11.1 Å². The minimum Gasteiger partial charge on any atom is -0.479 e. The Labute approximate surface area is 193 Å². The van der Waals surface area contributed by atoms with Gasteiger partial charge in [-0.2, -0.15) is 0 Å². The Balaban J connectivity index is 1.41. The number of hydrogen-bond acceptors (Lipinski definition) is 5. The maximum atomic E-state index is 12.3. The minimum atomic E-state index is -1.06. The van der Waals surface area contributed by atoms with Gasteiger partial charge >= 0.3 is 12.1 Å². The predicted molar refractivity (Wildman–Crippen MR) is 123 cm³/mol. The maximum Gasteiger partial charge on any atom is 0.407 e. The summed E-state index contributed by atoms with van der Waals surface area (Å²) >= 11 is 0. The molecule has 8 nitrogen and oxygen atoms in total. The predicted octanol–water partition coefficient (Wildman–Crippen LogP) is 3.30. The van der Waals surface area contributed by atoms with Crippen molar-refractivity contribution < 1.29 is 29.0 Å². The van der Waals surface area contributed by atoms with Crippen molar-refractivity contribution in [2.45, 2.75) is 44.2 Å². The van der Waals surface area contributed by atoms with Gasteiger partial charge in [-0.05, 0) is 35.6 Å². The smallest absolute Gasteiger partial charge is 0.407 e. The first-order chi connectivity index (χ1) is 15.9. The van der Waals surface area contributed by atoms with Crippen LogP contribution in [0.4, 0.5) is 4.79 Å². The van der Waals surface area contributed by atoms with E-state index in [0.717, 1.165) is 11.1 Å². The molecule has 0 fully saturated rings. The number of rotatable bonds is 11. The number of methoxy groups -OCH3 is 1. The summed E-state index contributed by atoms with van der Waals surface area (Å²) in [6.07, 6.45) is -0.641. The van der Waals surface area contributed by atoms with Crippen molar-refractivity contribution in [1.29, 1.82) is 0 Å². The van der Waals surface area contributed by atoms with Gasteiger partial charge in [-0.25, -0.2) is 9.59 Å². The lowest BCUT2D eigenvalue weighted by atomic mass is 9.98. The van der Waals surface area contributed by atoms with E-state index in [1.165, 1.54) is 18.2 Å². The SMILES string of the molecule is COC(CCNC(=O)CCC(C)NC(=O)OCC1c2ccccc2-c2ccccc21)C(=O)O. The molecule has 0 radical (unpaired) electrons. The molecule has 3 rings (SSSR count). The highest BCUT2D eigenvalue weighted by Crippen LogP contribution is 2.44. The second kappa shape index (κ2) is 11.5. The maximum absolute atomic E-state index is 12.3. The molecule has 1 aliphatic rings. The molecule has 0 aromatic heterocycles. The van der Waals surface area contributed by atoms with Gasteiger partial charge in [0.25, 0.3) is 0 Å². The van der Waals surface area contributed by atoms with Crippen LogP contribution in [0.2, 0.25) is 0 Å². The van der Waals surface area contributed by atoms with Crippen molar-refractivity contribution in [2.75, 3.05) is 20.3 Å². The molecule has 0 heterocycles. The number of carbonyl (C=O) groups excluding carboxylic acids is 2. The lowest BCUT2D eigenvalue weighted by Gasteiger charge is -2.17. The molecule has 0 spiro atoms. The zero-order valence-corrected chi connectivity index (χ0v) is 18.9. The highest BCUT2D eigenvalue weighted by molar-refractivity contribution is 5.79. The molecule has 0 aliphatic heterocycles. The van der Waals surface area contributed by atoms with Gasteiger partial charge in [-0.15, -0.1) is 0 Å². The molecule has 1 aliphatic carbocycles. The molecule has 2 aromatic rings. The summed E-state index contributed by atoms with van der Waals surface area (Å²) in [5.41, 5.74) is 4.63. The van der Waals surface area contributed by atoms with Crippen LogP contribution in [0.5, 0.6) is 0 Å². The number of benzene rings is 2. The number of carbonyl (C=O) groups is 3. The number of ether oxygens (including phenoxy) is 2. The van der Waals surface area contributed by atoms with Crippen LogP contribution >= 0.6 is 0 Å². The molecule has 3 N–H and O–H groups in total. The van der Waals surface area contributed by atoms with Gasteiger partial charge in [0.1, 0.15) is 6.61 Å². The highest BCUT2D eigenvalue weighted by atomic mass is 16.5. The lowest BCUT2D eigenvalue weighted by Crippen LogP contribution is -2.35. The number of carboxylic acid groups (broad SMARTS) is 1. The second-order valence-corrected chi connectivity index (χ2v) is 8.11. The second-order valence-electron chi connectivity index (χ2n) is 8.11. The molecule has 0 bridgehead atoms. The molecule has 33 heavy (non-hydrogen) atoms. The van der Waals surface area contributed by atoms with Crippen LogP contribution in [0.1, 0.15) is 43.2 Å². The Hall–Kier alpha value is -3.39. The molecular formula is C25H30N2O6. The summed E-state index contributed by atoms with van der Waals surface area (Å²) in [6, 6.07) is 16.0. The van der Waals surface area contributed by atoms with Gasteiger partial charge in [-0.1, -0.05) is 48.5 Å². The summed E-state index contributed by atoms with van der Waals surface area (Å²) in [4.78, 5) is 35.2. The van der Waals surface area contributed by atoms with E-state index in [9.17, 15) is 14.4 Å². The van der Waals surface area contributed by atoms with Crippen LogP contribution in [0.3, 0.4) is 0 Å². The summed E-state index contributed by atoms with van der Waals surface area (Å²) in [5, 5.41) is 14.4. The average Bonchev–Trinajstić information content (AvgIpc) is 3.12. The average molecular weight is 455 g/mol. The van der Waals surface area contributed by atoms with Crippen LogP contribution in [0.25, 0.3) is 11.1 Å². The van der Waals surface area contributed by atoms with Crippen LogP contribution in [-0.4, -0.2) is 55.5 Å². The normalized spacial score (nSPS) is 14.0. The van der Waals surface area contributed by atoms with E-state index in [-0.39, 0.29) is 43.9 Å². The Morgan fingerprint density at radius 3 is 2.18 bits per heavy atom. The number of nitrogens with one attached hydrogen (secondary N) is 2. The third-order valence-electron chi connectivity index (χ3n) is 5.80. The fourth-order valence-corrected chi connectivity index (χ4v) is 4.03. The van der Waals surface area contributed by atoms with Crippen LogP contribution in [0, 0.1) is 0 Å². The summed E-state index contributed by atoms with van der Waals surface area (Å²) in [5.74, 6) is -1.28. The fourth-order valence-electron chi connectivity index (χ4n) is 4.03. The summed E-state index contributed by atoms with van der Waals surface area (Å²) in [7, 11) is 1.32. The molecule has 2 unspecified atom stereocenters. The lowest BCUT2D eigenvalue weighted by molar-refractivity contribution is -0.149. The number of carboxylic acids is 1. The van der Waals surface area contributed by atoms with Gasteiger partial charge in [0.05, 0.1) is 0 Å². The van der Waals surface area contributed by atoms with Crippen molar-refractivity contribution in [1.82, 2.24) is 10.6 Å². The van der Waals surface area contributed by atoms with E-state index in [1.807, 2.05) is 24.3 Å². The summed E-state index contributed by atoms with van der Waals surface area (Å²) in [6.45, 7) is 2.25. The molecule has 2 aromatic carbocycles. The first-order valence-corrected chi connectivity index (χ1v) is 11.0. The van der Waals surface area contributed by atoms with Crippen LogP contribution in [0.15, 0.2) is 48.5 Å². The van der Waals surface area contributed by atoms with E-state index in [4.69, 9.17) is 14.6 Å². The van der Waals surface area contributed by atoms with E-state index in [0.29, 0.717) is 6.42 Å². The largest absolute Gasteiger partial charge is 0.479 e. The van der Waals surface area contributed by atoms with Crippen molar-refractivity contribution in [2.24, 2.45) is 0 Å².